The molecule has 0 spiro atoms. The first-order valence-corrected chi connectivity index (χ1v) is 7.83. The van der Waals surface area contributed by atoms with Crippen LogP contribution < -0.4 is 5.32 Å². The summed E-state index contributed by atoms with van der Waals surface area (Å²) < 4.78 is 0. The molecule has 2 N–H and O–H groups in total. The van der Waals surface area contributed by atoms with Crippen LogP contribution in [0.15, 0.2) is 18.2 Å². The Labute approximate surface area is 135 Å². The van der Waals surface area contributed by atoms with Crippen molar-refractivity contribution in [3.05, 3.63) is 28.2 Å². The lowest BCUT2D eigenvalue weighted by atomic mass is 10.1. The Morgan fingerprint density at radius 3 is 2.86 bits per heavy atom. The van der Waals surface area contributed by atoms with Crippen LogP contribution in [0.3, 0.4) is 0 Å². The van der Waals surface area contributed by atoms with Gasteiger partial charge in [0.1, 0.15) is 0 Å². The van der Waals surface area contributed by atoms with Crippen LogP contribution in [0.4, 0.5) is 5.69 Å². The fourth-order valence-corrected chi connectivity index (χ4v) is 3.06. The first-order chi connectivity index (χ1) is 9.95. The van der Waals surface area contributed by atoms with Crippen molar-refractivity contribution >= 4 is 34.8 Å². The number of hydrogen-bond donors (Lipinski definition) is 2. The molecule has 1 aliphatic carbocycles. The van der Waals surface area contributed by atoms with Crippen molar-refractivity contribution in [1.82, 2.24) is 4.90 Å². The lowest BCUT2D eigenvalue weighted by molar-refractivity contribution is -0.117. The number of hydrogen-bond acceptors (Lipinski definition) is 3. The molecule has 2 unspecified atom stereocenters. The smallest absolute Gasteiger partial charge is 0.238 e. The van der Waals surface area contributed by atoms with Gasteiger partial charge in [-0.05, 0) is 44.0 Å². The first-order valence-electron chi connectivity index (χ1n) is 7.07. The molecule has 0 heterocycles. The van der Waals surface area contributed by atoms with E-state index in [0.29, 0.717) is 15.7 Å². The summed E-state index contributed by atoms with van der Waals surface area (Å²) >= 11 is 11.9. The van der Waals surface area contributed by atoms with Gasteiger partial charge in [-0.1, -0.05) is 29.6 Å². The van der Waals surface area contributed by atoms with Crippen LogP contribution >= 0.6 is 23.2 Å². The van der Waals surface area contributed by atoms with Crippen molar-refractivity contribution in [3.8, 4) is 0 Å². The van der Waals surface area contributed by atoms with E-state index < -0.39 is 0 Å². The number of amides is 1. The Morgan fingerprint density at radius 2 is 2.19 bits per heavy atom. The normalized spacial score (nSPS) is 21.8. The van der Waals surface area contributed by atoms with Crippen molar-refractivity contribution in [2.45, 2.75) is 25.4 Å². The number of benzene rings is 1. The van der Waals surface area contributed by atoms with Crippen LogP contribution in [-0.2, 0) is 4.79 Å². The molecule has 0 radical (unpaired) electrons. The minimum Gasteiger partial charge on any atom is -0.393 e. The number of aliphatic hydroxyl groups is 1. The maximum Gasteiger partial charge on any atom is 0.238 e. The molecule has 2 atom stereocenters. The topological polar surface area (TPSA) is 52.6 Å². The third-order valence-corrected chi connectivity index (χ3v) is 4.35. The molecule has 0 aromatic heterocycles. The number of carbonyl (C=O) groups is 1. The Balaban J connectivity index is 1.85. The van der Waals surface area contributed by atoms with E-state index in [-0.39, 0.29) is 24.5 Å². The predicted octanol–water partition coefficient (Wildman–Crippen LogP) is 3.02. The van der Waals surface area contributed by atoms with E-state index >= 15 is 0 Å². The molecule has 21 heavy (non-hydrogen) atoms. The second-order valence-electron chi connectivity index (χ2n) is 5.63. The van der Waals surface area contributed by atoms with E-state index in [1.54, 1.807) is 18.2 Å². The van der Waals surface area contributed by atoms with Crippen LogP contribution in [0.1, 0.15) is 19.3 Å². The molecule has 1 aromatic rings. The standard InChI is InChI=1S/C15H20Cl2N2O2/c1-19(8-10-3-2-4-14(10)20)9-15(21)18-13-7-11(16)5-6-12(13)17/h5-7,10,14,20H,2-4,8-9H2,1H3,(H,18,21). The molecular weight excluding hydrogens is 311 g/mol. The molecule has 4 nitrogen and oxygen atoms in total. The van der Waals surface area contributed by atoms with Gasteiger partial charge in [-0.15, -0.1) is 0 Å². The summed E-state index contributed by atoms with van der Waals surface area (Å²) in [6.07, 6.45) is 2.71. The molecule has 1 aliphatic rings. The first kappa shape index (κ1) is 16.6. The lowest BCUT2D eigenvalue weighted by Gasteiger charge is -2.22. The van der Waals surface area contributed by atoms with Gasteiger partial charge in [0.2, 0.25) is 5.91 Å². The molecule has 1 aromatic carbocycles. The van der Waals surface area contributed by atoms with Crippen LogP contribution in [0.2, 0.25) is 10.0 Å². The van der Waals surface area contributed by atoms with E-state index in [1.165, 1.54) is 0 Å². The van der Waals surface area contributed by atoms with E-state index in [4.69, 9.17) is 23.2 Å². The van der Waals surface area contributed by atoms with Crippen molar-refractivity contribution < 1.29 is 9.90 Å². The SMILES string of the molecule is CN(CC(=O)Nc1cc(Cl)ccc1Cl)CC1CCCC1O. The third-order valence-electron chi connectivity index (χ3n) is 3.78. The number of carbonyl (C=O) groups excluding carboxylic acids is 1. The number of likely N-dealkylation sites (N-methyl/N-ethyl adjacent to an activating group) is 1. The van der Waals surface area contributed by atoms with Gasteiger partial charge in [-0.2, -0.15) is 0 Å². The molecule has 1 saturated carbocycles. The predicted molar refractivity (Wildman–Crippen MR) is 85.9 cm³/mol. The van der Waals surface area contributed by atoms with Crippen molar-refractivity contribution in [2.75, 3.05) is 25.5 Å². The summed E-state index contributed by atoms with van der Waals surface area (Å²) in [5.41, 5.74) is 0.517. The maximum absolute atomic E-state index is 12.0. The van der Waals surface area contributed by atoms with Crippen LogP contribution in [0.25, 0.3) is 0 Å². The Kier molecular flexibility index (Phi) is 5.88. The van der Waals surface area contributed by atoms with Gasteiger partial charge in [0.15, 0.2) is 0 Å². The molecule has 0 bridgehead atoms. The molecule has 1 fully saturated rings. The monoisotopic (exact) mass is 330 g/mol. The minimum atomic E-state index is -0.238. The van der Waals surface area contributed by atoms with E-state index in [9.17, 15) is 9.90 Å². The highest BCUT2D eigenvalue weighted by Crippen LogP contribution is 2.27. The Bertz CT molecular complexity index is 510. The number of aliphatic hydroxyl groups excluding tert-OH is 1. The zero-order valence-corrected chi connectivity index (χ0v) is 13.5. The van der Waals surface area contributed by atoms with Crippen molar-refractivity contribution in [3.63, 3.8) is 0 Å². The summed E-state index contributed by atoms with van der Waals surface area (Å²) in [5.74, 6) is 0.117. The summed E-state index contributed by atoms with van der Waals surface area (Å²) in [6.45, 7) is 0.976. The zero-order chi connectivity index (χ0) is 15.4. The summed E-state index contributed by atoms with van der Waals surface area (Å²) in [6, 6.07) is 4.95. The van der Waals surface area contributed by atoms with Gasteiger partial charge in [0, 0.05) is 11.6 Å². The highest BCUT2D eigenvalue weighted by molar-refractivity contribution is 6.35. The number of anilines is 1. The fourth-order valence-electron chi connectivity index (χ4n) is 2.72. The summed E-state index contributed by atoms with van der Waals surface area (Å²) in [5, 5.41) is 13.6. The number of nitrogens with zero attached hydrogens (tertiary/aromatic N) is 1. The summed E-state index contributed by atoms with van der Waals surface area (Å²) in [7, 11) is 1.88. The number of nitrogens with one attached hydrogen (secondary N) is 1. The number of rotatable bonds is 5. The fraction of sp³-hybridized carbons (Fsp3) is 0.533. The van der Waals surface area contributed by atoms with E-state index in [0.717, 1.165) is 25.8 Å². The van der Waals surface area contributed by atoms with Gasteiger partial charge in [0.05, 0.1) is 23.4 Å². The van der Waals surface area contributed by atoms with Crippen LogP contribution in [0.5, 0.6) is 0 Å². The lowest BCUT2D eigenvalue weighted by Crippen LogP contribution is -2.35. The molecule has 6 heteroatoms. The zero-order valence-electron chi connectivity index (χ0n) is 12.0. The van der Waals surface area contributed by atoms with E-state index in [1.807, 2.05) is 11.9 Å². The maximum atomic E-state index is 12.0. The molecule has 2 rings (SSSR count). The Morgan fingerprint density at radius 1 is 1.43 bits per heavy atom. The van der Waals surface area contributed by atoms with Gasteiger partial charge in [0.25, 0.3) is 0 Å². The van der Waals surface area contributed by atoms with Crippen molar-refractivity contribution in [2.24, 2.45) is 5.92 Å². The van der Waals surface area contributed by atoms with Crippen molar-refractivity contribution in [1.29, 1.82) is 0 Å². The minimum absolute atomic E-state index is 0.144. The van der Waals surface area contributed by atoms with Crippen LogP contribution in [0, 0.1) is 5.92 Å². The average molecular weight is 331 g/mol. The largest absolute Gasteiger partial charge is 0.393 e. The van der Waals surface area contributed by atoms with Gasteiger partial charge in [-0.3, -0.25) is 9.69 Å². The number of halogens is 2. The molecule has 0 saturated heterocycles. The highest BCUT2D eigenvalue weighted by Gasteiger charge is 2.26. The van der Waals surface area contributed by atoms with Gasteiger partial charge in [-0.25, -0.2) is 0 Å². The van der Waals surface area contributed by atoms with Crippen LogP contribution in [-0.4, -0.2) is 42.2 Å². The second kappa shape index (κ2) is 7.45. The highest BCUT2D eigenvalue weighted by atomic mass is 35.5. The molecule has 1 amide bonds. The third kappa shape index (κ3) is 4.85. The van der Waals surface area contributed by atoms with E-state index in [2.05, 4.69) is 5.32 Å². The van der Waals surface area contributed by atoms with Gasteiger partial charge < -0.3 is 10.4 Å². The van der Waals surface area contributed by atoms with Gasteiger partial charge >= 0.3 is 0 Å². The second-order valence-corrected chi connectivity index (χ2v) is 6.47. The summed E-state index contributed by atoms with van der Waals surface area (Å²) in [4.78, 5) is 13.9. The Hall–Kier alpha value is -0.810. The average Bonchev–Trinajstić information content (AvgIpc) is 2.79. The molecule has 116 valence electrons. The molecule has 0 aliphatic heterocycles. The quantitative estimate of drug-likeness (QED) is 0.872. The molecular formula is C15H20Cl2N2O2.